The zero-order valence-electron chi connectivity index (χ0n) is 12.5. The van der Waals surface area contributed by atoms with Gasteiger partial charge in [-0.05, 0) is 50.4 Å². The van der Waals surface area contributed by atoms with Gasteiger partial charge in [-0.2, -0.15) is 0 Å². The highest BCUT2D eigenvalue weighted by Crippen LogP contribution is 2.25. The van der Waals surface area contributed by atoms with E-state index in [4.69, 9.17) is 10.5 Å². The van der Waals surface area contributed by atoms with Crippen molar-refractivity contribution in [2.24, 2.45) is 5.73 Å². The van der Waals surface area contributed by atoms with Gasteiger partial charge >= 0.3 is 0 Å². The summed E-state index contributed by atoms with van der Waals surface area (Å²) in [4.78, 5) is 4.21. The summed E-state index contributed by atoms with van der Waals surface area (Å²) >= 11 is 0. The number of nitrogens with zero attached hydrogens (tertiary/aromatic N) is 2. The third-order valence-corrected chi connectivity index (χ3v) is 3.46. The second-order valence-electron chi connectivity index (χ2n) is 5.11. The Labute approximate surface area is 120 Å². The molecule has 1 heterocycles. The summed E-state index contributed by atoms with van der Waals surface area (Å²) in [6.07, 6.45) is 4.70. The molecule has 0 radical (unpaired) electrons. The Kier molecular flexibility index (Phi) is 4.79. The molecule has 0 aliphatic rings. The van der Waals surface area contributed by atoms with E-state index in [0.717, 1.165) is 24.5 Å². The minimum atomic E-state index is 0.648. The van der Waals surface area contributed by atoms with E-state index < -0.39 is 0 Å². The Morgan fingerprint density at radius 1 is 1.20 bits per heavy atom. The van der Waals surface area contributed by atoms with Gasteiger partial charge in [0.25, 0.3) is 0 Å². The predicted octanol–water partition coefficient (Wildman–Crippen LogP) is 2.39. The smallest absolute Gasteiger partial charge is 0.125 e. The van der Waals surface area contributed by atoms with Crippen LogP contribution < -0.4 is 10.5 Å². The van der Waals surface area contributed by atoms with E-state index in [9.17, 15) is 0 Å². The van der Waals surface area contributed by atoms with Gasteiger partial charge in [-0.3, -0.25) is 0 Å². The first-order valence-corrected chi connectivity index (χ1v) is 7.02. The third-order valence-electron chi connectivity index (χ3n) is 3.46. The van der Waals surface area contributed by atoms with E-state index in [1.807, 2.05) is 19.3 Å². The van der Waals surface area contributed by atoms with E-state index in [1.54, 1.807) is 0 Å². The normalized spacial score (nSPS) is 10.8. The monoisotopic (exact) mass is 273 g/mol. The summed E-state index contributed by atoms with van der Waals surface area (Å²) in [5.74, 6) is 2.00. The summed E-state index contributed by atoms with van der Waals surface area (Å²) in [7, 11) is 0. The summed E-state index contributed by atoms with van der Waals surface area (Å²) < 4.78 is 8.04. The lowest BCUT2D eigenvalue weighted by Gasteiger charge is -2.14. The Hall–Kier alpha value is -1.81. The van der Waals surface area contributed by atoms with Crippen LogP contribution in [-0.4, -0.2) is 22.7 Å². The Balaban J connectivity index is 2.01. The van der Waals surface area contributed by atoms with E-state index in [0.29, 0.717) is 13.2 Å². The number of rotatable bonds is 6. The minimum Gasteiger partial charge on any atom is -0.491 e. The number of hydrogen-bond donors (Lipinski definition) is 1. The molecule has 108 valence electrons. The number of aryl methyl sites for hydroxylation is 3. The summed E-state index contributed by atoms with van der Waals surface area (Å²) in [5.41, 5.74) is 9.24. The van der Waals surface area contributed by atoms with E-state index in [1.165, 1.54) is 16.7 Å². The molecule has 0 fully saturated rings. The van der Waals surface area contributed by atoms with Gasteiger partial charge in [-0.25, -0.2) is 4.98 Å². The van der Waals surface area contributed by atoms with Gasteiger partial charge in [-0.1, -0.05) is 12.1 Å². The fourth-order valence-corrected chi connectivity index (χ4v) is 2.46. The van der Waals surface area contributed by atoms with Crippen molar-refractivity contribution >= 4 is 0 Å². The molecular formula is C16H23N3O. The number of benzene rings is 1. The highest BCUT2D eigenvalue weighted by molar-refractivity contribution is 5.43. The first-order valence-electron chi connectivity index (χ1n) is 7.02. The molecule has 0 aliphatic heterocycles. The fourth-order valence-electron chi connectivity index (χ4n) is 2.46. The Bertz CT molecular complexity index is 552. The molecule has 1 aromatic carbocycles. The molecule has 2 aromatic rings. The summed E-state index contributed by atoms with van der Waals surface area (Å²) in [6, 6.07) is 4.33. The largest absolute Gasteiger partial charge is 0.491 e. The van der Waals surface area contributed by atoms with Crippen LogP contribution in [0.25, 0.3) is 0 Å². The molecule has 4 heteroatoms. The van der Waals surface area contributed by atoms with Crippen LogP contribution in [0.1, 0.15) is 22.5 Å². The van der Waals surface area contributed by atoms with Crippen molar-refractivity contribution in [2.45, 2.75) is 33.7 Å². The van der Waals surface area contributed by atoms with Gasteiger partial charge in [0.15, 0.2) is 0 Å². The van der Waals surface area contributed by atoms with Gasteiger partial charge in [0.05, 0.1) is 6.54 Å². The van der Waals surface area contributed by atoms with Crippen LogP contribution in [0, 0.1) is 20.8 Å². The molecule has 0 spiro atoms. The van der Waals surface area contributed by atoms with E-state index >= 15 is 0 Å². The lowest BCUT2D eigenvalue weighted by molar-refractivity contribution is 0.293. The molecule has 0 saturated heterocycles. The van der Waals surface area contributed by atoms with Crippen LogP contribution in [0.15, 0.2) is 24.5 Å². The highest BCUT2D eigenvalue weighted by atomic mass is 16.5. The maximum absolute atomic E-state index is 5.95. The van der Waals surface area contributed by atoms with Crippen LogP contribution in [0.4, 0.5) is 0 Å². The first kappa shape index (κ1) is 14.6. The number of hydrogen-bond acceptors (Lipinski definition) is 3. The molecule has 2 N–H and O–H groups in total. The highest BCUT2D eigenvalue weighted by Gasteiger charge is 2.06. The van der Waals surface area contributed by atoms with Crippen molar-refractivity contribution in [1.29, 1.82) is 0 Å². The minimum absolute atomic E-state index is 0.648. The van der Waals surface area contributed by atoms with Gasteiger partial charge < -0.3 is 15.0 Å². The number of ether oxygens (including phenoxy) is 1. The van der Waals surface area contributed by atoms with Crippen molar-refractivity contribution in [1.82, 2.24) is 9.55 Å². The van der Waals surface area contributed by atoms with Gasteiger partial charge in [0.1, 0.15) is 18.2 Å². The first-order chi connectivity index (χ1) is 9.61. The van der Waals surface area contributed by atoms with Crippen LogP contribution in [0.5, 0.6) is 5.75 Å². The predicted molar refractivity (Wildman–Crippen MR) is 81.1 cm³/mol. The molecule has 4 nitrogen and oxygen atoms in total. The van der Waals surface area contributed by atoms with Crippen LogP contribution >= 0.6 is 0 Å². The second-order valence-corrected chi connectivity index (χ2v) is 5.11. The van der Waals surface area contributed by atoms with Crippen molar-refractivity contribution < 1.29 is 4.74 Å². The molecule has 0 aliphatic carbocycles. The van der Waals surface area contributed by atoms with Crippen LogP contribution in [0.2, 0.25) is 0 Å². The topological polar surface area (TPSA) is 53.1 Å². The lowest BCUT2D eigenvalue weighted by atomic mass is 10.0. The number of nitrogens with two attached hydrogens (primary N) is 1. The molecule has 0 atom stereocenters. The zero-order chi connectivity index (χ0) is 14.5. The number of aromatic nitrogens is 2. The van der Waals surface area contributed by atoms with E-state index in [2.05, 4.69) is 35.5 Å². The lowest BCUT2D eigenvalue weighted by Crippen LogP contribution is -2.10. The molecule has 1 aromatic heterocycles. The molecule has 0 unspecified atom stereocenters. The van der Waals surface area contributed by atoms with Gasteiger partial charge in [0.2, 0.25) is 0 Å². The van der Waals surface area contributed by atoms with Crippen LogP contribution in [-0.2, 0) is 13.0 Å². The summed E-state index contributed by atoms with van der Waals surface area (Å²) in [6.45, 7) is 8.32. The fraction of sp³-hybridized carbons (Fsp3) is 0.438. The molecule has 0 amide bonds. The zero-order valence-corrected chi connectivity index (χ0v) is 12.5. The Morgan fingerprint density at radius 3 is 2.45 bits per heavy atom. The van der Waals surface area contributed by atoms with Crippen molar-refractivity contribution in [3.05, 3.63) is 47.0 Å². The Morgan fingerprint density at radius 2 is 1.90 bits per heavy atom. The summed E-state index contributed by atoms with van der Waals surface area (Å²) in [5, 5.41) is 0. The molecular weight excluding hydrogens is 250 g/mol. The average molecular weight is 273 g/mol. The van der Waals surface area contributed by atoms with E-state index in [-0.39, 0.29) is 0 Å². The van der Waals surface area contributed by atoms with Crippen molar-refractivity contribution in [3.63, 3.8) is 0 Å². The SMILES string of the molecule is Cc1cc(CCN)cc(C)c1OCCn1ccnc1C. The maximum Gasteiger partial charge on any atom is 0.125 e. The van der Waals surface area contributed by atoms with Gasteiger partial charge in [0, 0.05) is 12.4 Å². The standard InChI is InChI=1S/C16H23N3O/c1-12-10-15(4-5-17)11-13(2)16(12)20-9-8-19-7-6-18-14(19)3/h6-7,10-11H,4-5,8-9,17H2,1-3H3. The van der Waals surface area contributed by atoms with Crippen molar-refractivity contribution in [3.8, 4) is 5.75 Å². The average Bonchev–Trinajstić information content (AvgIpc) is 2.79. The third kappa shape index (κ3) is 3.39. The van der Waals surface area contributed by atoms with Crippen molar-refractivity contribution in [2.75, 3.05) is 13.2 Å². The quantitative estimate of drug-likeness (QED) is 0.879. The molecule has 2 rings (SSSR count). The second kappa shape index (κ2) is 6.57. The molecule has 0 saturated carbocycles. The molecule has 20 heavy (non-hydrogen) atoms. The van der Waals surface area contributed by atoms with Gasteiger partial charge in [-0.15, -0.1) is 0 Å². The molecule has 0 bridgehead atoms. The van der Waals surface area contributed by atoms with Crippen LogP contribution in [0.3, 0.4) is 0 Å². The number of imidazole rings is 1. The maximum atomic E-state index is 5.95.